The Morgan fingerprint density at radius 3 is 2.55 bits per heavy atom. The molecule has 3 aromatic rings. The minimum atomic E-state index is 0.312. The molecule has 0 amide bonds. The molecule has 1 aliphatic rings. The van der Waals surface area contributed by atoms with E-state index >= 15 is 0 Å². The predicted molar refractivity (Wildman–Crippen MR) is 80.7 cm³/mol. The van der Waals surface area contributed by atoms with Gasteiger partial charge in [0.05, 0.1) is 11.6 Å². The van der Waals surface area contributed by atoms with E-state index < -0.39 is 0 Å². The van der Waals surface area contributed by atoms with E-state index in [0.29, 0.717) is 5.92 Å². The Balaban J connectivity index is 2.04. The predicted octanol–water partition coefficient (Wildman–Crippen LogP) is 4.40. The zero-order valence-corrected chi connectivity index (χ0v) is 11.0. The zero-order valence-electron chi connectivity index (χ0n) is 11.0. The van der Waals surface area contributed by atoms with Crippen LogP contribution in [0, 0.1) is 11.3 Å². The van der Waals surface area contributed by atoms with Crippen molar-refractivity contribution >= 4 is 10.8 Å². The monoisotopic (exact) mass is 255 g/mol. The first-order valence-corrected chi connectivity index (χ1v) is 6.88. The molecule has 0 saturated heterocycles. The van der Waals surface area contributed by atoms with Crippen molar-refractivity contribution in [3.05, 3.63) is 82.9 Å². The third-order valence-corrected chi connectivity index (χ3v) is 4.27. The number of rotatable bonds is 1. The summed E-state index contributed by atoms with van der Waals surface area (Å²) in [6.45, 7) is 0. The molecule has 4 rings (SSSR count). The number of hydrogen-bond donors (Lipinski definition) is 0. The van der Waals surface area contributed by atoms with Crippen molar-refractivity contribution in [3.8, 4) is 6.07 Å². The molecule has 1 aliphatic carbocycles. The molecule has 0 bridgehead atoms. The van der Waals surface area contributed by atoms with E-state index in [1.54, 1.807) is 0 Å². The summed E-state index contributed by atoms with van der Waals surface area (Å²) >= 11 is 0. The van der Waals surface area contributed by atoms with Crippen LogP contribution in [0.15, 0.2) is 60.7 Å². The van der Waals surface area contributed by atoms with Gasteiger partial charge >= 0.3 is 0 Å². The fraction of sp³-hybridized carbons (Fsp3) is 0.105. The Kier molecular flexibility index (Phi) is 2.37. The smallest absolute Gasteiger partial charge is 0.0994 e. The number of benzene rings is 3. The lowest BCUT2D eigenvalue weighted by Crippen LogP contribution is -2.00. The van der Waals surface area contributed by atoms with Crippen molar-refractivity contribution in [1.29, 1.82) is 5.26 Å². The van der Waals surface area contributed by atoms with E-state index in [-0.39, 0.29) is 0 Å². The van der Waals surface area contributed by atoms with Crippen molar-refractivity contribution in [1.82, 2.24) is 0 Å². The van der Waals surface area contributed by atoms with Gasteiger partial charge in [0.1, 0.15) is 0 Å². The average Bonchev–Trinajstić information content (AvgIpc) is 2.91. The van der Waals surface area contributed by atoms with Gasteiger partial charge in [-0.25, -0.2) is 0 Å². The molecule has 0 spiro atoms. The zero-order chi connectivity index (χ0) is 13.5. The molecule has 0 heterocycles. The minimum absolute atomic E-state index is 0.312. The van der Waals surface area contributed by atoms with Gasteiger partial charge in [-0.1, -0.05) is 54.6 Å². The second-order valence-corrected chi connectivity index (χ2v) is 5.32. The quantitative estimate of drug-likeness (QED) is 0.632. The summed E-state index contributed by atoms with van der Waals surface area (Å²) in [7, 11) is 0. The van der Waals surface area contributed by atoms with Crippen LogP contribution in [0.25, 0.3) is 10.8 Å². The molecule has 0 saturated carbocycles. The lowest BCUT2D eigenvalue weighted by atomic mass is 9.89. The van der Waals surface area contributed by atoms with Crippen LogP contribution >= 0.6 is 0 Å². The molecule has 0 unspecified atom stereocenters. The maximum atomic E-state index is 9.45. The van der Waals surface area contributed by atoms with Gasteiger partial charge in [-0.3, -0.25) is 0 Å². The van der Waals surface area contributed by atoms with Crippen molar-refractivity contribution in [3.63, 3.8) is 0 Å². The van der Waals surface area contributed by atoms with Gasteiger partial charge in [0.25, 0.3) is 0 Å². The molecule has 0 aromatic heterocycles. The fourth-order valence-corrected chi connectivity index (χ4v) is 3.41. The van der Waals surface area contributed by atoms with Crippen LogP contribution in [-0.2, 0) is 6.42 Å². The first-order chi connectivity index (χ1) is 9.88. The molecule has 20 heavy (non-hydrogen) atoms. The summed E-state index contributed by atoms with van der Waals surface area (Å²) in [5, 5.41) is 12.0. The summed E-state index contributed by atoms with van der Waals surface area (Å²) in [6, 6.07) is 23.3. The highest BCUT2D eigenvalue weighted by Crippen LogP contribution is 2.43. The standard InChI is InChI=1S/C19H13N/c20-12-16-10-9-14-7-4-8-15-11-17(19(16)18(14)15)13-5-2-1-3-6-13/h1-10,17H,11H2/t17-/m1/s1. The summed E-state index contributed by atoms with van der Waals surface area (Å²) < 4.78 is 0. The Bertz CT molecular complexity index is 841. The highest BCUT2D eigenvalue weighted by molar-refractivity contribution is 5.93. The van der Waals surface area contributed by atoms with Gasteiger partial charge in [0, 0.05) is 5.92 Å². The van der Waals surface area contributed by atoms with E-state index in [1.165, 1.54) is 27.5 Å². The van der Waals surface area contributed by atoms with Crippen molar-refractivity contribution in [2.75, 3.05) is 0 Å². The Morgan fingerprint density at radius 1 is 0.900 bits per heavy atom. The second kappa shape index (κ2) is 4.21. The van der Waals surface area contributed by atoms with Gasteiger partial charge < -0.3 is 0 Å². The Hall–Kier alpha value is -2.59. The molecule has 0 radical (unpaired) electrons. The van der Waals surface area contributed by atoms with Gasteiger partial charge in [-0.2, -0.15) is 5.26 Å². The molecular formula is C19H13N. The Morgan fingerprint density at radius 2 is 1.75 bits per heavy atom. The third-order valence-electron chi connectivity index (χ3n) is 4.27. The maximum Gasteiger partial charge on any atom is 0.0994 e. The van der Waals surface area contributed by atoms with Crippen LogP contribution in [0.4, 0.5) is 0 Å². The third kappa shape index (κ3) is 1.49. The van der Waals surface area contributed by atoms with Crippen LogP contribution in [0.3, 0.4) is 0 Å². The van der Waals surface area contributed by atoms with Crippen LogP contribution in [-0.4, -0.2) is 0 Å². The summed E-state index contributed by atoms with van der Waals surface area (Å²) in [4.78, 5) is 0. The van der Waals surface area contributed by atoms with Gasteiger partial charge in [0.2, 0.25) is 0 Å². The number of nitriles is 1. The van der Waals surface area contributed by atoms with Gasteiger partial charge in [0.15, 0.2) is 0 Å². The second-order valence-electron chi connectivity index (χ2n) is 5.32. The largest absolute Gasteiger partial charge is 0.192 e. The first-order valence-electron chi connectivity index (χ1n) is 6.88. The highest BCUT2D eigenvalue weighted by Gasteiger charge is 2.28. The van der Waals surface area contributed by atoms with Crippen molar-refractivity contribution in [2.24, 2.45) is 0 Å². The Labute approximate surface area is 118 Å². The van der Waals surface area contributed by atoms with Crippen LogP contribution < -0.4 is 0 Å². The van der Waals surface area contributed by atoms with Crippen molar-refractivity contribution in [2.45, 2.75) is 12.3 Å². The van der Waals surface area contributed by atoms with E-state index in [2.05, 4.69) is 54.6 Å². The van der Waals surface area contributed by atoms with Gasteiger partial charge in [-0.05, 0) is 39.9 Å². The van der Waals surface area contributed by atoms with E-state index in [4.69, 9.17) is 0 Å². The molecule has 0 N–H and O–H groups in total. The summed E-state index contributed by atoms with van der Waals surface area (Å²) in [5.74, 6) is 0.312. The topological polar surface area (TPSA) is 23.8 Å². The van der Waals surface area contributed by atoms with Crippen LogP contribution in [0.5, 0.6) is 0 Å². The lowest BCUT2D eigenvalue weighted by molar-refractivity contribution is 0.845. The fourth-order valence-electron chi connectivity index (χ4n) is 3.41. The molecular weight excluding hydrogens is 242 g/mol. The van der Waals surface area contributed by atoms with Gasteiger partial charge in [-0.15, -0.1) is 0 Å². The normalized spacial score (nSPS) is 16.2. The van der Waals surface area contributed by atoms with E-state index in [9.17, 15) is 5.26 Å². The number of nitrogens with zero attached hydrogens (tertiary/aromatic N) is 1. The van der Waals surface area contributed by atoms with Crippen molar-refractivity contribution < 1.29 is 0 Å². The summed E-state index contributed by atoms with van der Waals surface area (Å²) in [5.41, 5.74) is 4.69. The molecule has 0 fully saturated rings. The molecule has 1 heteroatoms. The SMILES string of the molecule is N#Cc1ccc2cccc3c2c1[C@@H](c1ccccc1)C3. The average molecular weight is 255 g/mol. The van der Waals surface area contributed by atoms with E-state index in [0.717, 1.165) is 12.0 Å². The molecule has 1 nitrogen and oxygen atoms in total. The minimum Gasteiger partial charge on any atom is -0.192 e. The molecule has 0 aliphatic heterocycles. The first kappa shape index (κ1) is 11.3. The number of hydrogen-bond acceptors (Lipinski definition) is 1. The van der Waals surface area contributed by atoms with Crippen LogP contribution in [0.2, 0.25) is 0 Å². The lowest BCUT2D eigenvalue weighted by Gasteiger charge is -2.13. The summed E-state index contributed by atoms with van der Waals surface area (Å²) in [6.07, 6.45) is 0.995. The maximum absolute atomic E-state index is 9.45. The molecule has 94 valence electrons. The highest BCUT2D eigenvalue weighted by atomic mass is 14.3. The molecule has 1 atom stereocenters. The van der Waals surface area contributed by atoms with E-state index in [1.807, 2.05) is 12.1 Å². The van der Waals surface area contributed by atoms with Crippen LogP contribution in [0.1, 0.15) is 28.2 Å². The molecule has 3 aromatic carbocycles.